The lowest BCUT2D eigenvalue weighted by Crippen LogP contribution is -2.41. The highest BCUT2D eigenvalue weighted by atomic mass is 16.6. The molecule has 0 aromatic carbocycles. The van der Waals surface area contributed by atoms with Crippen molar-refractivity contribution < 1.29 is 9.53 Å². The van der Waals surface area contributed by atoms with Gasteiger partial charge in [-0.15, -0.1) is 0 Å². The van der Waals surface area contributed by atoms with Crippen LogP contribution in [0.25, 0.3) is 0 Å². The maximum Gasteiger partial charge on any atom is 0.323 e. The number of ether oxygens (including phenoxy) is 1. The molecule has 0 spiro atoms. The Bertz CT molecular complexity index is 202. The minimum atomic E-state index is -0.423. The van der Waals surface area contributed by atoms with Crippen LogP contribution < -0.4 is 5.73 Å². The minimum Gasteiger partial charge on any atom is -0.459 e. The van der Waals surface area contributed by atoms with Crippen molar-refractivity contribution in [2.45, 2.75) is 58.1 Å². The molecule has 0 aromatic rings. The molecule has 0 unspecified atom stereocenters. The summed E-state index contributed by atoms with van der Waals surface area (Å²) in [4.78, 5) is 11.6. The van der Waals surface area contributed by atoms with Crippen molar-refractivity contribution in [1.82, 2.24) is 0 Å². The van der Waals surface area contributed by atoms with Crippen molar-refractivity contribution in [2.75, 3.05) is 0 Å². The van der Waals surface area contributed by atoms with Gasteiger partial charge in [-0.05, 0) is 39.5 Å². The molecular formula is C11H21NO2. The summed E-state index contributed by atoms with van der Waals surface area (Å²) in [5, 5.41) is 0. The first-order valence-electron chi connectivity index (χ1n) is 5.38. The lowest BCUT2D eigenvalue weighted by Gasteiger charge is -2.24. The molecule has 3 heteroatoms. The van der Waals surface area contributed by atoms with Crippen LogP contribution in [0.15, 0.2) is 0 Å². The highest BCUT2D eigenvalue weighted by Gasteiger charge is 2.30. The van der Waals surface area contributed by atoms with E-state index in [2.05, 4.69) is 0 Å². The summed E-state index contributed by atoms with van der Waals surface area (Å²) in [7, 11) is 0. The van der Waals surface area contributed by atoms with E-state index in [9.17, 15) is 4.79 Å². The lowest BCUT2D eigenvalue weighted by atomic mass is 9.99. The van der Waals surface area contributed by atoms with Gasteiger partial charge in [0, 0.05) is 0 Å². The molecule has 0 aliphatic heterocycles. The molecule has 14 heavy (non-hydrogen) atoms. The normalized spacial score (nSPS) is 20.9. The Hall–Kier alpha value is -0.570. The Morgan fingerprint density at radius 3 is 2.29 bits per heavy atom. The second-order valence-electron chi connectivity index (χ2n) is 5.10. The molecule has 1 rings (SSSR count). The van der Waals surface area contributed by atoms with E-state index in [1.54, 1.807) is 0 Å². The van der Waals surface area contributed by atoms with E-state index in [-0.39, 0.29) is 5.97 Å². The van der Waals surface area contributed by atoms with E-state index in [1.807, 2.05) is 20.8 Å². The molecule has 1 fully saturated rings. The number of nitrogens with two attached hydrogens (primary N) is 1. The van der Waals surface area contributed by atoms with Crippen molar-refractivity contribution in [3.63, 3.8) is 0 Å². The number of carbonyl (C=O) groups is 1. The van der Waals surface area contributed by atoms with E-state index in [0.29, 0.717) is 5.92 Å². The second kappa shape index (κ2) is 4.30. The summed E-state index contributed by atoms with van der Waals surface area (Å²) < 4.78 is 5.25. The molecule has 3 nitrogen and oxygen atoms in total. The van der Waals surface area contributed by atoms with Crippen LogP contribution in [0.5, 0.6) is 0 Å². The summed E-state index contributed by atoms with van der Waals surface area (Å²) in [6.45, 7) is 5.60. The molecule has 0 amide bonds. The third kappa shape index (κ3) is 3.29. The Kier molecular flexibility index (Phi) is 3.53. The van der Waals surface area contributed by atoms with Gasteiger partial charge in [0.25, 0.3) is 0 Å². The van der Waals surface area contributed by atoms with Gasteiger partial charge >= 0.3 is 5.97 Å². The summed E-state index contributed by atoms with van der Waals surface area (Å²) in [6.07, 6.45) is 4.53. The number of carbonyl (C=O) groups excluding carboxylic acids is 1. The monoisotopic (exact) mass is 199 g/mol. The van der Waals surface area contributed by atoms with Crippen molar-refractivity contribution in [3.05, 3.63) is 0 Å². The summed E-state index contributed by atoms with van der Waals surface area (Å²) in [5.41, 5.74) is 5.43. The van der Waals surface area contributed by atoms with Crippen LogP contribution in [-0.2, 0) is 9.53 Å². The van der Waals surface area contributed by atoms with Crippen molar-refractivity contribution in [2.24, 2.45) is 11.7 Å². The van der Waals surface area contributed by atoms with E-state index in [1.165, 1.54) is 12.8 Å². The molecule has 0 bridgehead atoms. The molecule has 0 aromatic heterocycles. The maximum absolute atomic E-state index is 11.6. The first-order chi connectivity index (χ1) is 6.40. The highest BCUT2D eigenvalue weighted by molar-refractivity contribution is 5.76. The zero-order chi connectivity index (χ0) is 10.8. The molecule has 2 N–H and O–H groups in total. The Morgan fingerprint density at radius 2 is 1.86 bits per heavy atom. The van der Waals surface area contributed by atoms with Crippen LogP contribution >= 0.6 is 0 Å². The van der Waals surface area contributed by atoms with E-state index in [4.69, 9.17) is 10.5 Å². The number of rotatable bonds is 2. The third-order valence-electron chi connectivity index (χ3n) is 2.59. The van der Waals surface area contributed by atoms with Gasteiger partial charge in [-0.25, -0.2) is 0 Å². The van der Waals surface area contributed by atoms with Gasteiger partial charge in [-0.2, -0.15) is 0 Å². The highest BCUT2D eigenvalue weighted by Crippen LogP contribution is 2.27. The average Bonchev–Trinajstić information content (AvgIpc) is 2.51. The van der Waals surface area contributed by atoms with Crippen molar-refractivity contribution in [1.29, 1.82) is 0 Å². The van der Waals surface area contributed by atoms with Gasteiger partial charge in [0.05, 0.1) is 0 Å². The zero-order valence-corrected chi connectivity index (χ0v) is 9.38. The van der Waals surface area contributed by atoms with E-state index >= 15 is 0 Å². The molecule has 0 radical (unpaired) electrons. The fraction of sp³-hybridized carbons (Fsp3) is 0.909. The lowest BCUT2D eigenvalue weighted by molar-refractivity contribution is -0.157. The smallest absolute Gasteiger partial charge is 0.323 e. The van der Waals surface area contributed by atoms with Gasteiger partial charge in [-0.1, -0.05) is 12.8 Å². The molecule has 1 aliphatic rings. The number of hydrogen-bond donors (Lipinski definition) is 1. The largest absolute Gasteiger partial charge is 0.459 e. The van der Waals surface area contributed by atoms with Crippen LogP contribution in [0, 0.1) is 5.92 Å². The molecule has 1 aliphatic carbocycles. The van der Waals surface area contributed by atoms with Gasteiger partial charge in [0.1, 0.15) is 11.6 Å². The second-order valence-corrected chi connectivity index (χ2v) is 5.10. The molecule has 0 saturated heterocycles. The van der Waals surface area contributed by atoms with Gasteiger partial charge in [-0.3, -0.25) is 4.79 Å². The zero-order valence-electron chi connectivity index (χ0n) is 9.38. The van der Waals surface area contributed by atoms with Gasteiger partial charge in [0.2, 0.25) is 0 Å². The predicted molar refractivity (Wildman–Crippen MR) is 55.8 cm³/mol. The van der Waals surface area contributed by atoms with Crippen LogP contribution in [0.4, 0.5) is 0 Å². The molecule has 0 heterocycles. The van der Waals surface area contributed by atoms with Crippen LogP contribution in [0.3, 0.4) is 0 Å². The Balaban J connectivity index is 2.43. The fourth-order valence-corrected chi connectivity index (χ4v) is 1.88. The maximum atomic E-state index is 11.6. The Labute approximate surface area is 86.0 Å². The summed E-state index contributed by atoms with van der Waals surface area (Å²) in [5.74, 6) is 0.0919. The summed E-state index contributed by atoms with van der Waals surface area (Å²) in [6, 6.07) is -0.420. The van der Waals surface area contributed by atoms with Crippen molar-refractivity contribution >= 4 is 5.97 Å². The SMILES string of the molecule is CC(C)(C)OC(=O)[C@@H](N)C1CCCC1. The Morgan fingerprint density at radius 1 is 1.36 bits per heavy atom. The quantitative estimate of drug-likeness (QED) is 0.690. The number of hydrogen-bond acceptors (Lipinski definition) is 3. The minimum absolute atomic E-state index is 0.246. The third-order valence-corrected chi connectivity index (χ3v) is 2.59. The average molecular weight is 199 g/mol. The van der Waals surface area contributed by atoms with Gasteiger partial charge < -0.3 is 10.5 Å². The first-order valence-corrected chi connectivity index (χ1v) is 5.38. The number of esters is 1. The molecular weight excluding hydrogens is 178 g/mol. The first kappa shape index (κ1) is 11.5. The summed E-state index contributed by atoms with van der Waals surface area (Å²) >= 11 is 0. The van der Waals surface area contributed by atoms with E-state index in [0.717, 1.165) is 12.8 Å². The fourth-order valence-electron chi connectivity index (χ4n) is 1.88. The van der Waals surface area contributed by atoms with Crippen LogP contribution in [0.1, 0.15) is 46.5 Å². The van der Waals surface area contributed by atoms with Crippen molar-refractivity contribution in [3.8, 4) is 0 Å². The topological polar surface area (TPSA) is 52.3 Å². The standard InChI is InChI=1S/C11H21NO2/c1-11(2,3)14-10(13)9(12)8-6-4-5-7-8/h8-9H,4-7,12H2,1-3H3/t9-/m0/s1. The van der Waals surface area contributed by atoms with Crippen LogP contribution in [-0.4, -0.2) is 17.6 Å². The van der Waals surface area contributed by atoms with Gasteiger partial charge in [0.15, 0.2) is 0 Å². The predicted octanol–water partition coefficient (Wildman–Crippen LogP) is 1.85. The molecule has 1 atom stereocenters. The van der Waals surface area contributed by atoms with Crippen LogP contribution in [0.2, 0.25) is 0 Å². The molecule has 82 valence electrons. The van der Waals surface area contributed by atoms with E-state index < -0.39 is 11.6 Å². The molecule has 1 saturated carbocycles.